The fourth-order valence-corrected chi connectivity index (χ4v) is 3.81. The normalized spacial score (nSPS) is 12.2. The quantitative estimate of drug-likeness (QED) is 0.779. The van der Waals surface area contributed by atoms with Gasteiger partial charge in [-0.1, -0.05) is 54.6 Å². The van der Waals surface area contributed by atoms with E-state index in [1.165, 1.54) is 5.56 Å². The molecule has 3 aromatic rings. The summed E-state index contributed by atoms with van der Waals surface area (Å²) in [5.41, 5.74) is 5.47. The van der Waals surface area contributed by atoms with E-state index in [0.29, 0.717) is 6.54 Å². The van der Waals surface area contributed by atoms with E-state index in [4.69, 9.17) is 0 Å². The topological polar surface area (TPSA) is 51.1 Å². The van der Waals surface area contributed by atoms with Crippen LogP contribution in [0.1, 0.15) is 27.0 Å². The van der Waals surface area contributed by atoms with E-state index in [1.807, 2.05) is 48.5 Å². The number of rotatable bonds is 4. The third-order valence-corrected chi connectivity index (χ3v) is 5.22. The summed E-state index contributed by atoms with van der Waals surface area (Å²) < 4.78 is 1.62. The van der Waals surface area contributed by atoms with Crippen LogP contribution in [-0.2, 0) is 26.3 Å². The maximum Gasteiger partial charge on any atom is 0.263 e. The van der Waals surface area contributed by atoms with Crippen molar-refractivity contribution in [3.8, 4) is 11.3 Å². The first kappa shape index (κ1) is 17.3. The molecule has 4 nitrogen and oxygen atoms in total. The fraction of sp³-hybridized carbons (Fsp3) is 0.217. The third-order valence-electron chi connectivity index (χ3n) is 5.22. The molecule has 4 rings (SSSR count). The molecule has 2 aromatic carbocycles. The number of nitrogens with one attached hydrogen (secondary N) is 1. The standard InChI is InChI=1S/C23H22N2O2/c1-25-21-18(12-11-17-9-5-6-10-19(17)21)15-20(23(25)27)22(26)24-14-13-16-7-3-2-4-8-16/h2-10,15H,11-14H2,1H3,(H,24,26). The zero-order valence-electron chi connectivity index (χ0n) is 15.4. The first-order chi connectivity index (χ1) is 13.1. The van der Waals surface area contributed by atoms with Crippen LogP contribution in [0.15, 0.2) is 65.5 Å². The number of carbonyl (C=O) groups is 1. The van der Waals surface area contributed by atoms with Crippen molar-refractivity contribution in [2.24, 2.45) is 7.05 Å². The summed E-state index contributed by atoms with van der Waals surface area (Å²) >= 11 is 0. The molecule has 1 N–H and O–H groups in total. The van der Waals surface area contributed by atoms with Crippen molar-refractivity contribution in [3.05, 3.63) is 93.3 Å². The molecule has 0 unspecified atom stereocenters. The molecule has 0 saturated carbocycles. The van der Waals surface area contributed by atoms with Gasteiger partial charge in [-0.3, -0.25) is 9.59 Å². The molecule has 0 fully saturated rings. The van der Waals surface area contributed by atoms with E-state index in [9.17, 15) is 9.59 Å². The lowest BCUT2D eigenvalue weighted by Crippen LogP contribution is -2.34. The average molecular weight is 358 g/mol. The largest absolute Gasteiger partial charge is 0.352 e. The summed E-state index contributed by atoms with van der Waals surface area (Å²) in [6, 6.07) is 19.9. The van der Waals surface area contributed by atoms with E-state index in [1.54, 1.807) is 17.7 Å². The zero-order chi connectivity index (χ0) is 18.8. The van der Waals surface area contributed by atoms with E-state index < -0.39 is 0 Å². The van der Waals surface area contributed by atoms with Crippen molar-refractivity contribution < 1.29 is 4.79 Å². The van der Waals surface area contributed by atoms with Gasteiger partial charge in [0.05, 0.1) is 5.69 Å². The first-order valence-corrected chi connectivity index (χ1v) is 9.28. The van der Waals surface area contributed by atoms with Gasteiger partial charge in [0.1, 0.15) is 5.56 Å². The Morgan fingerprint density at radius 2 is 1.70 bits per heavy atom. The Morgan fingerprint density at radius 3 is 2.52 bits per heavy atom. The monoisotopic (exact) mass is 358 g/mol. The molecule has 4 heteroatoms. The number of hydrogen-bond donors (Lipinski definition) is 1. The Hall–Kier alpha value is -3.14. The molecule has 136 valence electrons. The second-order valence-electron chi connectivity index (χ2n) is 6.94. The van der Waals surface area contributed by atoms with Crippen LogP contribution in [0.5, 0.6) is 0 Å². The molecule has 0 radical (unpaired) electrons. The van der Waals surface area contributed by atoms with Crippen LogP contribution < -0.4 is 10.9 Å². The summed E-state index contributed by atoms with van der Waals surface area (Å²) in [6.45, 7) is 0.506. The van der Waals surface area contributed by atoms with Crippen LogP contribution in [0.3, 0.4) is 0 Å². The van der Waals surface area contributed by atoms with Crippen molar-refractivity contribution >= 4 is 5.91 Å². The average Bonchev–Trinajstić information content (AvgIpc) is 2.70. The van der Waals surface area contributed by atoms with E-state index >= 15 is 0 Å². The summed E-state index contributed by atoms with van der Waals surface area (Å²) in [7, 11) is 1.75. The minimum Gasteiger partial charge on any atom is -0.352 e. The highest BCUT2D eigenvalue weighted by atomic mass is 16.2. The van der Waals surface area contributed by atoms with Crippen molar-refractivity contribution in [2.45, 2.75) is 19.3 Å². The minimum atomic E-state index is -0.298. The zero-order valence-corrected chi connectivity index (χ0v) is 15.4. The lowest BCUT2D eigenvalue weighted by Gasteiger charge is -2.23. The van der Waals surface area contributed by atoms with Gasteiger partial charge in [0.25, 0.3) is 11.5 Å². The predicted octanol–water partition coefficient (Wildman–Crippen LogP) is 3.12. The van der Waals surface area contributed by atoms with Gasteiger partial charge in [-0.25, -0.2) is 0 Å². The number of nitrogens with zero attached hydrogens (tertiary/aromatic N) is 1. The fourth-order valence-electron chi connectivity index (χ4n) is 3.81. The predicted molar refractivity (Wildman–Crippen MR) is 107 cm³/mol. The number of amides is 1. The molecule has 0 saturated heterocycles. The van der Waals surface area contributed by atoms with E-state index in [-0.39, 0.29) is 17.0 Å². The number of aryl methyl sites for hydroxylation is 2. The van der Waals surface area contributed by atoms with Crippen LogP contribution in [0.2, 0.25) is 0 Å². The molecule has 0 atom stereocenters. The number of aromatic nitrogens is 1. The molecular weight excluding hydrogens is 336 g/mol. The van der Waals surface area contributed by atoms with Crippen molar-refractivity contribution in [1.29, 1.82) is 0 Å². The smallest absolute Gasteiger partial charge is 0.263 e. The van der Waals surface area contributed by atoms with Crippen molar-refractivity contribution in [2.75, 3.05) is 6.54 Å². The summed E-state index contributed by atoms with van der Waals surface area (Å²) in [5.74, 6) is -0.298. The number of benzene rings is 2. The van der Waals surface area contributed by atoms with Gasteiger partial charge < -0.3 is 9.88 Å². The number of pyridine rings is 1. The number of hydrogen-bond acceptors (Lipinski definition) is 2. The Labute approximate surface area is 158 Å². The van der Waals surface area contributed by atoms with Crippen LogP contribution in [-0.4, -0.2) is 17.0 Å². The van der Waals surface area contributed by atoms with Crippen molar-refractivity contribution in [1.82, 2.24) is 9.88 Å². The second kappa shape index (κ2) is 7.23. The van der Waals surface area contributed by atoms with Gasteiger partial charge in [-0.2, -0.15) is 0 Å². The maximum atomic E-state index is 12.8. The number of fused-ring (bicyclic) bond motifs is 3. The lowest BCUT2D eigenvalue weighted by atomic mass is 9.88. The Balaban J connectivity index is 1.59. The Bertz CT molecular complexity index is 1050. The molecule has 0 bridgehead atoms. The molecule has 0 spiro atoms. The molecule has 1 heterocycles. The van der Waals surface area contributed by atoms with Gasteiger partial charge >= 0.3 is 0 Å². The Morgan fingerprint density at radius 1 is 1.00 bits per heavy atom. The maximum absolute atomic E-state index is 12.8. The van der Waals surface area contributed by atoms with Crippen LogP contribution in [0.4, 0.5) is 0 Å². The highest BCUT2D eigenvalue weighted by Crippen LogP contribution is 2.32. The van der Waals surface area contributed by atoms with Gasteiger partial charge in [0.15, 0.2) is 0 Å². The van der Waals surface area contributed by atoms with E-state index in [0.717, 1.165) is 41.6 Å². The summed E-state index contributed by atoms with van der Waals surface area (Å²) in [6.07, 6.45) is 2.51. The minimum absolute atomic E-state index is 0.226. The Kier molecular flexibility index (Phi) is 4.63. The highest BCUT2D eigenvalue weighted by molar-refractivity contribution is 5.94. The van der Waals surface area contributed by atoms with Gasteiger partial charge in [0.2, 0.25) is 0 Å². The van der Waals surface area contributed by atoms with Crippen LogP contribution in [0, 0.1) is 0 Å². The molecule has 1 amide bonds. The summed E-state index contributed by atoms with van der Waals surface area (Å²) in [5, 5.41) is 2.89. The van der Waals surface area contributed by atoms with Gasteiger partial charge in [0, 0.05) is 19.2 Å². The molecular formula is C23H22N2O2. The summed E-state index contributed by atoms with van der Waals surface area (Å²) in [4.78, 5) is 25.4. The first-order valence-electron chi connectivity index (χ1n) is 9.28. The third kappa shape index (κ3) is 3.31. The molecule has 27 heavy (non-hydrogen) atoms. The SMILES string of the molecule is Cn1c2c(cc(C(=O)NCCc3ccccc3)c1=O)CCc1ccccc1-2. The second-order valence-corrected chi connectivity index (χ2v) is 6.94. The molecule has 0 aliphatic heterocycles. The molecule has 1 aliphatic rings. The molecule has 1 aromatic heterocycles. The lowest BCUT2D eigenvalue weighted by molar-refractivity contribution is 0.0952. The van der Waals surface area contributed by atoms with E-state index in [2.05, 4.69) is 11.4 Å². The molecule has 1 aliphatic carbocycles. The number of carbonyl (C=O) groups excluding carboxylic acids is 1. The van der Waals surface area contributed by atoms with Gasteiger partial charge in [-0.05, 0) is 42.0 Å². The highest BCUT2D eigenvalue weighted by Gasteiger charge is 2.22. The van der Waals surface area contributed by atoms with Crippen LogP contribution in [0.25, 0.3) is 11.3 Å². The van der Waals surface area contributed by atoms with Crippen LogP contribution >= 0.6 is 0 Å². The van der Waals surface area contributed by atoms with Crippen molar-refractivity contribution in [3.63, 3.8) is 0 Å². The van der Waals surface area contributed by atoms with Gasteiger partial charge in [-0.15, -0.1) is 0 Å².